The number of rotatable bonds is 13. The minimum absolute atomic E-state index is 0.377. The van der Waals surface area contributed by atoms with E-state index in [1.54, 1.807) is 0 Å². The number of hydrogen-bond donors (Lipinski definition) is 3. The van der Waals surface area contributed by atoms with E-state index in [4.69, 9.17) is 5.11 Å². The smallest absolute Gasteiger partial charge is 0.364 e. The number of unbranched alkanes of at least 4 members (excludes halogenated alkanes) is 6. The highest BCUT2D eigenvalue weighted by atomic mass is 16.5. The molecule has 0 aromatic rings. The molecule has 0 aliphatic heterocycles. The van der Waals surface area contributed by atoms with Crippen molar-refractivity contribution in [3.63, 3.8) is 0 Å². The molecular formula is C23H36O4. The Hall–Kier alpha value is -1.61. The van der Waals surface area contributed by atoms with Crippen LogP contribution in [-0.2, 0) is 4.79 Å². The second-order valence-corrected chi connectivity index (χ2v) is 7.55. The van der Waals surface area contributed by atoms with Crippen molar-refractivity contribution >= 4 is 5.97 Å². The minimum Gasteiger partial charge on any atom is -0.477 e. The molecule has 1 atom stereocenters. The van der Waals surface area contributed by atoms with Crippen molar-refractivity contribution in [1.82, 2.24) is 0 Å². The average Bonchev–Trinajstić information content (AvgIpc) is 2.97. The minimum atomic E-state index is -2.72. The van der Waals surface area contributed by atoms with Gasteiger partial charge in [0.15, 0.2) is 0 Å². The van der Waals surface area contributed by atoms with Crippen LogP contribution in [0, 0.1) is 5.92 Å². The van der Waals surface area contributed by atoms with Gasteiger partial charge in [0.25, 0.3) is 5.79 Å². The maximum Gasteiger partial charge on any atom is 0.364 e. The summed E-state index contributed by atoms with van der Waals surface area (Å²) in [5.74, 6) is -3.82. The van der Waals surface area contributed by atoms with E-state index in [9.17, 15) is 15.0 Å². The van der Waals surface area contributed by atoms with Crippen LogP contribution < -0.4 is 0 Å². The molecule has 4 nitrogen and oxygen atoms in total. The van der Waals surface area contributed by atoms with Crippen LogP contribution in [-0.4, -0.2) is 27.1 Å². The molecule has 3 N–H and O–H groups in total. The number of aliphatic carboxylic acids is 1. The quantitative estimate of drug-likeness (QED) is 0.232. The second-order valence-electron chi connectivity index (χ2n) is 7.55. The third kappa shape index (κ3) is 9.23. The summed E-state index contributed by atoms with van der Waals surface area (Å²) in [5, 5.41) is 27.1. The van der Waals surface area contributed by atoms with Gasteiger partial charge in [0.05, 0.1) is 0 Å². The normalized spacial score (nSPS) is 17.4. The van der Waals surface area contributed by atoms with Gasteiger partial charge >= 0.3 is 5.97 Å². The van der Waals surface area contributed by atoms with Crippen LogP contribution in [0.2, 0.25) is 0 Å². The van der Waals surface area contributed by atoms with E-state index in [0.29, 0.717) is 5.92 Å². The van der Waals surface area contributed by atoms with E-state index < -0.39 is 11.8 Å². The molecule has 0 radical (unpaired) electrons. The highest BCUT2D eigenvalue weighted by Gasteiger charge is 2.31. The number of carbonyl (C=O) groups is 1. The number of carboxylic acids is 1. The van der Waals surface area contributed by atoms with Crippen molar-refractivity contribution in [2.45, 2.75) is 90.3 Å². The Morgan fingerprint density at radius 3 is 2.59 bits per heavy atom. The van der Waals surface area contributed by atoms with Crippen molar-refractivity contribution in [3.05, 3.63) is 41.2 Å². The molecule has 0 aromatic carbocycles. The third-order valence-corrected chi connectivity index (χ3v) is 5.18. The molecule has 152 valence electrons. The van der Waals surface area contributed by atoms with Crippen molar-refractivity contribution in [2.75, 3.05) is 0 Å². The van der Waals surface area contributed by atoms with Crippen molar-refractivity contribution < 1.29 is 20.1 Å². The Morgan fingerprint density at radius 1 is 1.19 bits per heavy atom. The summed E-state index contributed by atoms with van der Waals surface area (Å²) in [5.41, 5.74) is 5.70. The first kappa shape index (κ1) is 23.4. The van der Waals surface area contributed by atoms with Crippen molar-refractivity contribution in [1.29, 1.82) is 0 Å². The molecule has 0 saturated carbocycles. The molecule has 1 aliphatic carbocycles. The van der Waals surface area contributed by atoms with Gasteiger partial charge in [-0.05, 0) is 55.7 Å². The van der Waals surface area contributed by atoms with Gasteiger partial charge in [-0.2, -0.15) is 0 Å². The SMILES string of the molecule is CCCCCCCC/C=C/C1=C(CC=C=CCC(O)(O)C(=O)O)[C@@H](C)CC1. The lowest BCUT2D eigenvalue weighted by Crippen LogP contribution is -2.37. The fraction of sp³-hybridized carbons (Fsp3) is 0.652. The molecule has 0 aromatic heterocycles. The highest BCUT2D eigenvalue weighted by molar-refractivity contribution is 5.75. The third-order valence-electron chi connectivity index (χ3n) is 5.18. The molecule has 0 fully saturated rings. The second kappa shape index (κ2) is 12.7. The molecule has 4 heteroatoms. The van der Waals surface area contributed by atoms with Crippen LogP contribution in [0.1, 0.15) is 84.5 Å². The lowest BCUT2D eigenvalue weighted by atomic mass is 9.99. The molecule has 0 unspecified atom stereocenters. The molecule has 1 rings (SSSR count). The molecule has 0 spiro atoms. The van der Waals surface area contributed by atoms with E-state index in [-0.39, 0.29) is 6.42 Å². The summed E-state index contributed by atoms with van der Waals surface area (Å²) >= 11 is 0. The van der Waals surface area contributed by atoms with Crippen LogP contribution in [0.15, 0.2) is 41.2 Å². The summed E-state index contributed by atoms with van der Waals surface area (Å²) in [6.07, 6.45) is 19.5. The predicted molar refractivity (Wildman–Crippen MR) is 109 cm³/mol. The van der Waals surface area contributed by atoms with E-state index in [1.807, 2.05) is 6.08 Å². The van der Waals surface area contributed by atoms with Gasteiger partial charge in [0.1, 0.15) is 0 Å². The van der Waals surface area contributed by atoms with Gasteiger partial charge in [-0.25, -0.2) is 4.79 Å². The number of allylic oxidation sites excluding steroid dienone is 4. The van der Waals surface area contributed by atoms with E-state index in [2.05, 4.69) is 31.7 Å². The summed E-state index contributed by atoms with van der Waals surface area (Å²) < 4.78 is 0. The maximum absolute atomic E-state index is 10.6. The van der Waals surface area contributed by atoms with Gasteiger partial charge in [-0.1, -0.05) is 63.7 Å². The highest BCUT2D eigenvalue weighted by Crippen LogP contribution is 2.34. The van der Waals surface area contributed by atoms with Gasteiger partial charge < -0.3 is 15.3 Å². The van der Waals surface area contributed by atoms with Gasteiger partial charge in [-0.3, -0.25) is 0 Å². The molecule has 27 heavy (non-hydrogen) atoms. The van der Waals surface area contributed by atoms with Gasteiger partial charge in [0.2, 0.25) is 0 Å². The van der Waals surface area contributed by atoms with E-state index >= 15 is 0 Å². The molecule has 0 bridgehead atoms. The average molecular weight is 377 g/mol. The standard InChI is InChI=1S/C23H36O4/c1-3-4-5-6-7-8-9-11-14-20-17-16-19(2)21(20)15-12-10-13-18-23(26,27)22(24)25/h11-14,19,26-27H,3-9,15-18H2,1-2H3,(H,24,25)/b14-11+/t10?,19-/m0/s1. The zero-order valence-corrected chi connectivity index (χ0v) is 16.9. The predicted octanol–water partition coefficient (Wildman–Crippen LogP) is 5.28. The first-order valence-corrected chi connectivity index (χ1v) is 10.3. The summed E-state index contributed by atoms with van der Waals surface area (Å²) in [6, 6.07) is 0. The topological polar surface area (TPSA) is 77.8 Å². The number of hydrogen-bond acceptors (Lipinski definition) is 3. The first-order valence-electron chi connectivity index (χ1n) is 10.3. The first-order chi connectivity index (χ1) is 12.9. The van der Waals surface area contributed by atoms with Gasteiger partial charge in [0, 0.05) is 6.42 Å². The zero-order valence-electron chi connectivity index (χ0n) is 16.9. The lowest BCUT2D eigenvalue weighted by molar-refractivity contribution is -0.201. The molecule has 0 amide bonds. The Labute approximate surface area is 164 Å². The molecule has 0 heterocycles. The Bertz CT molecular complexity index is 577. The Kier molecular flexibility index (Phi) is 11.0. The Morgan fingerprint density at radius 2 is 1.89 bits per heavy atom. The maximum atomic E-state index is 10.6. The molecule has 0 saturated heterocycles. The lowest BCUT2D eigenvalue weighted by Gasteiger charge is -2.12. The number of aliphatic hydroxyl groups is 2. The molecule has 1 aliphatic rings. The summed E-state index contributed by atoms with van der Waals surface area (Å²) in [7, 11) is 0. The van der Waals surface area contributed by atoms with Gasteiger partial charge in [-0.15, -0.1) is 5.73 Å². The fourth-order valence-corrected chi connectivity index (χ4v) is 3.35. The summed E-state index contributed by atoms with van der Waals surface area (Å²) in [4.78, 5) is 10.6. The fourth-order valence-electron chi connectivity index (χ4n) is 3.35. The van der Waals surface area contributed by atoms with Crippen LogP contribution in [0.25, 0.3) is 0 Å². The number of carboxylic acid groups (broad SMARTS) is 1. The van der Waals surface area contributed by atoms with Crippen LogP contribution >= 0.6 is 0 Å². The van der Waals surface area contributed by atoms with E-state index in [0.717, 1.165) is 19.3 Å². The molecular weight excluding hydrogens is 340 g/mol. The van der Waals surface area contributed by atoms with E-state index in [1.165, 1.54) is 62.2 Å². The van der Waals surface area contributed by atoms with Crippen molar-refractivity contribution in [2.24, 2.45) is 5.92 Å². The van der Waals surface area contributed by atoms with Crippen molar-refractivity contribution in [3.8, 4) is 0 Å². The zero-order chi connectivity index (χ0) is 20.1. The van der Waals surface area contributed by atoms with Crippen LogP contribution in [0.4, 0.5) is 0 Å². The Balaban J connectivity index is 2.47. The monoisotopic (exact) mass is 376 g/mol. The largest absolute Gasteiger partial charge is 0.477 e. The van der Waals surface area contributed by atoms with Crippen LogP contribution in [0.5, 0.6) is 0 Å². The summed E-state index contributed by atoms with van der Waals surface area (Å²) in [6.45, 7) is 4.47. The van der Waals surface area contributed by atoms with Crippen LogP contribution in [0.3, 0.4) is 0 Å².